The van der Waals surface area contributed by atoms with Gasteiger partial charge in [0.1, 0.15) is 28.5 Å². The maximum absolute atomic E-state index is 5.75. The fraction of sp³-hybridized carbons (Fsp3) is 0.217. The highest BCUT2D eigenvalue weighted by Crippen LogP contribution is 2.57. The van der Waals surface area contributed by atoms with E-state index in [2.05, 4.69) is 177 Å². The Morgan fingerprint density at radius 3 is 1.15 bits per heavy atom. The average Bonchev–Trinajstić information content (AvgIpc) is 3.88. The first-order chi connectivity index (χ1) is 32.7. The van der Waals surface area contributed by atoms with Gasteiger partial charge in [-0.05, 0) is 166 Å². The molecule has 1 aromatic heterocycles. The summed E-state index contributed by atoms with van der Waals surface area (Å²) in [5.74, 6) is 3.16. The quantitative estimate of drug-likeness (QED) is 0.135. The van der Waals surface area contributed by atoms with Gasteiger partial charge in [0.05, 0.1) is 39.8 Å². The smallest absolute Gasteiger partial charge is 0.140 e. The van der Waals surface area contributed by atoms with E-state index in [1.165, 1.54) is 16.7 Å². The molecule has 0 saturated carbocycles. The van der Waals surface area contributed by atoms with Crippen LogP contribution in [0.3, 0.4) is 0 Å². The lowest BCUT2D eigenvalue weighted by molar-refractivity contribution is 0.414. The number of hydrogen-bond donors (Lipinski definition) is 0. The topological polar surface area (TPSA) is 61.2 Å². The van der Waals surface area contributed by atoms with Crippen LogP contribution in [0.5, 0.6) is 23.0 Å². The minimum Gasteiger partial charge on any atom is -0.497 e. The molecule has 2 heterocycles. The highest BCUT2D eigenvalue weighted by atomic mass is 16.5. The number of benzene rings is 7. The summed E-state index contributed by atoms with van der Waals surface area (Å²) >= 11 is 0. The lowest BCUT2D eigenvalue weighted by Gasteiger charge is -2.38. The van der Waals surface area contributed by atoms with Crippen molar-refractivity contribution < 1.29 is 18.9 Å². The van der Waals surface area contributed by atoms with Gasteiger partial charge in [0, 0.05) is 45.1 Å². The summed E-state index contributed by atoms with van der Waals surface area (Å²) in [6.07, 6.45) is 4.56. The fourth-order valence-electron chi connectivity index (χ4n) is 9.79. The van der Waals surface area contributed by atoms with Crippen molar-refractivity contribution in [3.8, 4) is 34.3 Å². The zero-order chi connectivity index (χ0) is 47.5. The molecule has 1 spiro atoms. The van der Waals surface area contributed by atoms with Crippen molar-refractivity contribution in [3.63, 3.8) is 0 Å². The first-order valence-electron chi connectivity index (χ1n) is 23.1. The third-order valence-electron chi connectivity index (χ3n) is 13.5. The zero-order valence-electron chi connectivity index (χ0n) is 40.6. The summed E-state index contributed by atoms with van der Waals surface area (Å²) in [7, 11) is 6.80. The number of methoxy groups -OCH3 is 4. The van der Waals surface area contributed by atoms with Crippen LogP contribution in [0.15, 0.2) is 158 Å². The summed E-state index contributed by atoms with van der Waals surface area (Å²) in [4.78, 5) is 4.61. The Balaban J connectivity index is 1.31. The SMILES string of the molecule is COc1ccc(N(c2ccc(OC)cc2)c2ccc3c(c2)C2(c4cc(N(c5ccc(OC)cc5)c5ccc(OC)cc5)ccc4C=C3)c3cc(C(C)(C)C)ccc3-c3cc(C(C)(C)C)nn32)cc1. The van der Waals surface area contributed by atoms with E-state index < -0.39 is 5.54 Å². The first kappa shape index (κ1) is 44.1. The molecule has 8 aromatic rings. The summed E-state index contributed by atoms with van der Waals surface area (Å²) in [5, 5.41) is 5.75. The van der Waals surface area contributed by atoms with Crippen molar-refractivity contribution in [2.75, 3.05) is 38.2 Å². The monoisotopic (exact) mass is 898 g/mol. The molecule has 1 aliphatic carbocycles. The molecule has 0 atom stereocenters. The fourth-order valence-corrected chi connectivity index (χ4v) is 9.79. The van der Waals surface area contributed by atoms with Gasteiger partial charge in [0.15, 0.2) is 0 Å². The van der Waals surface area contributed by atoms with E-state index in [0.717, 1.165) is 90.8 Å². The zero-order valence-corrected chi connectivity index (χ0v) is 40.6. The van der Waals surface area contributed by atoms with Crippen LogP contribution < -0.4 is 28.7 Å². The summed E-state index contributed by atoms with van der Waals surface area (Å²) < 4.78 is 24.9. The lowest BCUT2D eigenvalue weighted by atomic mass is 9.73. The van der Waals surface area contributed by atoms with Crippen LogP contribution >= 0.6 is 0 Å². The normalized spacial score (nSPS) is 13.2. The lowest BCUT2D eigenvalue weighted by Crippen LogP contribution is -2.38. The second-order valence-electron chi connectivity index (χ2n) is 19.6. The third-order valence-corrected chi connectivity index (χ3v) is 13.5. The Kier molecular flexibility index (Phi) is 10.9. The Hall–Kier alpha value is -7.71. The Morgan fingerprint density at radius 2 is 0.794 bits per heavy atom. The second-order valence-corrected chi connectivity index (χ2v) is 19.6. The molecule has 0 unspecified atom stereocenters. The predicted octanol–water partition coefficient (Wildman–Crippen LogP) is 14.8. The molecule has 0 N–H and O–H groups in total. The summed E-state index contributed by atoms with van der Waals surface area (Å²) in [6.45, 7) is 13.6. The maximum atomic E-state index is 5.75. The van der Waals surface area contributed by atoms with Gasteiger partial charge in [-0.25, -0.2) is 4.68 Å². The van der Waals surface area contributed by atoms with E-state index in [9.17, 15) is 0 Å². The van der Waals surface area contributed by atoms with Gasteiger partial charge in [0.25, 0.3) is 0 Å². The van der Waals surface area contributed by atoms with Crippen molar-refractivity contribution in [2.45, 2.75) is 57.9 Å². The van der Waals surface area contributed by atoms with Crippen molar-refractivity contribution in [3.05, 3.63) is 197 Å². The van der Waals surface area contributed by atoms with Gasteiger partial charge in [-0.1, -0.05) is 84.0 Å². The van der Waals surface area contributed by atoms with E-state index >= 15 is 0 Å². The highest BCUT2D eigenvalue weighted by molar-refractivity contribution is 5.89. The van der Waals surface area contributed by atoms with E-state index in [1.807, 2.05) is 48.5 Å². The average molecular weight is 899 g/mol. The number of fused-ring (bicyclic) bond motifs is 9. The van der Waals surface area contributed by atoms with E-state index in [-0.39, 0.29) is 10.8 Å². The Labute approximate surface area is 400 Å². The van der Waals surface area contributed by atoms with Crippen LogP contribution in [0.25, 0.3) is 23.4 Å². The molecule has 0 fully saturated rings. The molecule has 0 amide bonds. The largest absolute Gasteiger partial charge is 0.497 e. The van der Waals surface area contributed by atoms with Gasteiger partial charge in [-0.2, -0.15) is 5.10 Å². The maximum Gasteiger partial charge on any atom is 0.140 e. The summed E-state index contributed by atoms with van der Waals surface area (Å²) in [6, 6.07) is 56.2. The standard InChI is InChI=1S/C60H58N4O4/c1-58(2,3)41-15-34-52-55(35-41)60(64-56(52)38-57(61-64)59(4,5)6)53-36-46(62(42-18-26-48(65-7)27-19-42)43-20-28-49(66-8)29-21-43)16-13-39(53)11-12-40-14-17-47(37-54(40)60)63(44-22-30-50(67-9)31-23-44)45-24-32-51(68-10)33-25-45/h11-38H,1-10H3. The first-order valence-corrected chi connectivity index (χ1v) is 23.1. The van der Waals surface area contributed by atoms with Crippen LogP contribution in [0.1, 0.15) is 80.6 Å². The van der Waals surface area contributed by atoms with Crippen LogP contribution in [0.4, 0.5) is 34.1 Å². The number of aromatic nitrogens is 2. The molecule has 8 heteroatoms. The van der Waals surface area contributed by atoms with Crippen molar-refractivity contribution >= 4 is 46.3 Å². The number of hydrogen-bond acceptors (Lipinski definition) is 7. The van der Waals surface area contributed by atoms with Crippen molar-refractivity contribution in [1.29, 1.82) is 0 Å². The van der Waals surface area contributed by atoms with Gasteiger partial charge in [-0.3, -0.25) is 0 Å². The third kappa shape index (κ3) is 7.45. The number of ether oxygens (including phenoxy) is 4. The molecule has 8 nitrogen and oxygen atoms in total. The van der Waals surface area contributed by atoms with Crippen LogP contribution in [-0.2, 0) is 16.4 Å². The van der Waals surface area contributed by atoms with Crippen molar-refractivity contribution in [1.82, 2.24) is 9.78 Å². The van der Waals surface area contributed by atoms with Gasteiger partial charge in [-0.15, -0.1) is 0 Å². The Bertz CT molecular complexity index is 2930. The second kappa shape index (κ2) is 16.9. The predicted molar refractivity (Wildman–Crippen MR) is 278 cm³/mol. The molecular weight excluding hydrogens is 841 g/mol. The molecule has 0 saturated heterocycles. The molecular formula is C60H58N4O4. The number of nitrogens with zero attached hydrogens (tertiary/aromatic N) is 4. The van der Waals surface area contributed by atoms with Gasteiger partial charge < -0.3 is 28.7 Å². The molecule has 2 aliphatic rings. The number of anilines is 6. The van der Waals surface area contributed by atoms with E-state index in [4.69, 9.17) is 24.0 Å². The van der Waals surface area contributed by atoms with Crippen LogP contribution in [0, 0.1) is 0 Å². The Morgan fingerprint density at radius 1 is 0.412 bits per heavy atom. The van der Waals surface area contributed by atoms with Crippen LogP contribution in [0.2, 0.25) is 0 Å². The van der Waals surface area contributed by atoms with Gasteiger partial charge >= 0.3 is 0 Å². The summed E-state index contributed by atoms with van der Waals surface area (Å²) in [5.41, 5.74) is 14.8. The molecule has 68 heavy (non-hydrogen) atoms. The highest BCUT2D eigenvalue weighted by Gasteiger charge is 2.51. The van der Waals surface area contributed by atoms with E-state index in [0.29, 0.717) is 0 Å². The van der Waals surface area contributed by atoms with Crippen LogP contribution in [-0.4, -0.2) is 38.2 Å². The van der Waals surface area contributed by atoms with E-state index in [1.54, 1.807) is 28.4 Å². The molecule has 7 aromatic carbocycles. The molecule has 0 radical (unpaired) electrons. The van der Waals surface area contributed by atoms with Crippen molar-refractivity contribution in [2.24, 2.45) is 0 Å². The molecule has 342 valence electrons. The van der Waals surface area contributed by atoms with Gasteiger partial charge in [0.2, 0.25) is 0 Å². The molecule has 0 bridgehead atoms. The number of rotatable bonds is 10. The molecule has 10 rings (SSSR count). The molecule has 1 aliphatic heterocycles. The minimum atomic E-state index is -0.938. The minimum absolute atomic E-state index is 0.130.